The number of hydrogen-bond donors (Lipinski definition) is 3. The van der Waals surface area contributed by atoms with Gasteiger partial charge in [0.05, 0.1) is 18.7 Å². The first-order chi connectivity index (χ1) is 14.0. The van der Waals surface area contributed by atoms with Gasteiger partial charge in [0.25, 0.3) is 5.91 Å². The van der Waals surface area contributed by atoms with E-state index in [4.69, 9.17) is 4.74 Å². The Balaban J connectivity index is 1.47. The van der Waals surface area contributed by atoms with Crippen molar-refractivity contribution in [1.82, 2.24) is 21.1 Å². The lowest BCUT2D eigenvalue weighted by Crippen LogP contribution is -2.62. The molecular formula is C22H35N5O2. The number of ether oxygens (including phenoxy) is 1. The summed E-state index contributed by atoms with van der Waals surface area (Å²) in [4.78, 5) is 12.8. The summed E-state index contributed by atoms with van der Waals surface area (Å²) in [5, 5.41) is 18.7. The molecule has 0 aromatic carbocycles. The Hall–Kier alpha value is -1.20. The maximum Gasteiger partial charge on any atom is 0.253 e. The van der Waals surface area contributed by atoms with Gasteiger partial charge >= 0.3 is 0 Å². The van der Waals surface area contributed by atoms with Crippen molar-refractivity contribution in [3.8, 4) is 6.07 Å². The number of carbonyl (C=O) groups is 1. The van der Waals surface area contributed by atoms with E-state index in [2.05, 4.69) is 27.1 Å². The molecule has 0 spiro atoms. The Morgan fingerprint density at radius 1 is 1.21 bits per heavy atom. The van der Waals surface area contributed by atoms with Gasteiger partial charge in [-0.1, -0.05) is 12.8 Å². The van der Waals surface area contributed by atoms with Gasteiger partial charge in [0.2, 0.25) is 0 Å². The zero-order valence-corrected chi connectivity index (χ0v) is 17.7. The Kier molecular flexibility index (Phi) is 4.90. The van der Waals surface area contributed by atoms with Crippen LogP contribution in [0.1, 0.15) is 64.7 Å². The molecule has 5 aliphatic rings. The van der Waals surface area contributed by atoms with Crippen molar-refractivity contribution in [3.63, 3.8) is 0 Å². The number of piperidine rings is 1. The van der Waals surface area contributed by atoms with Crippen LogP contribution in [0.4, 0.5) is 0 Å². The zero-order valence-electron chi connectivity index (χ0n) is 17.7. The minimum Gasteiger partial charge on any atom is -0.368 e. The van der Waals surface area contributed by atoms with E-state index in [1.54, 1.807) is 7.11 Å². The second-order valence-electron chi connectivity index (χ2n) is 10.1. The first-order valence-corrected chi connectivity index (χ1v) is 11.6. The molecule has 3 aliphatic heterocycles. The molecule has 29 heavy (non-hydrogen) atoms. The van der Waals surface area contributed by atoms with E-state index in [0.29, 0.717) is 30.3 Å². The minimum atomic E-state index is -0.789. The topological polar surface area (TPSA) is 89.4 Å². The molecule has 3 heterocycles. The number of fused-ring (bicyclic) bond motifs is 2. The highest BCUT2D eigenvalue weighted by molar-refractivity contribution is 5.88. The fourth-order valence-electron chi connectivity index (χ4n) is 7.26. The number of hydrogen-bond acceptors (Lipinski definition) is 6. The number of rotatable bonds is 4. The number of hydrazine groups is 1. The predicted octanol–water partition coefficient (Wildman–Crippen LogP) is 1.66. The highest BCUT2D eigenvalue weighted by Crippen LogP contribution is 2.51. The molecule has 7 nitrogen and oxygen atoms in total. The van der Waals surface area contributed by atoms with Crippen molar-refractivity contribution in [2.24, 2.45) is 17.8 Å². The first kappa shape index (κ1) is 19.7. The second-order valence-corrected chi connectivity index (χ2v) is 10.1. The lowest BCUT2D eigenvalue weighted by molar-refractivity contribution is -0.143. The van der Waals surface area contributed by atoms with E-state index in [1.807, 2.05) is 6.92 Å². The van der Waals surface area contributed by atoms with Crippen LogP contribution in [0.2, 0.25) is 0 Å². The van der Waals surface area contributed by atoms with E-state index in [1.165, 1.54) is 32.1 Å². The molecule has 7 atom stereocenters. The van der Waals surface area contributed by atoms with Crippen molar-refractivity contribution < 1.29 is 9.53 Å². The molecule has 0 aromatic rings. The maximum absolute atomic E-state index is 12.8. The summed E-state index contributed by atoms with van der Waals surface area (Å²) in [6.45, 7) is 2.88. The number of methoxy groups -OCH3 is 1. The van der Waals surface area contributed by atoms with Crippen molar-refractivity contribution in [2.75, 3.05) is 13.7 Å². The molecule has 5 fully saturated rings. The maximum atomic E-state index is 12.8. The number of nitrogens with one attached hydrogen (secondary N) is 3. The van der Waals surface area contributed by atoms with Gasteiger partial charge in [-0.2, -0.15) is 5.26 Å². The van der Waals surface area contributed by atoms with Crippen LogP contribution >= 0.6 is 0 Å². The van der Waals surface area contributed by atoms with Gasteiger partial charge in [-0.05, 0) is 63.8 Å². The summed E-state index contributed by atoms with van der Waals surface area (Å²) in [6.07, 6.45) is 10.2. The van der Waals surface area contributed by atoms with E-state index in [9.17, 15) is 10.1 Å². The number of carbonyl (C=O) groups excluding carboxylic acids is 1. The van der Waals surface area contributed by atoms with Gasteiger partial charge in [0.15, 0.2) is 0 Å². The van der Waals surface area contributed by atoms with Gasteiger partial charge in [-0.15, -0.1) is 0 Å². The summed E-state index contributed by atoms with van der Waals surface area (Å²) < 4.78 is 5.83. The monoisotopic (exact) mass is 401 g/mol. The third-order valence-electron chi connectivity index (χ3n) is 8.99. The number of nitrogens with zero attached hydrogens (tertiary/aromatic N) is 2. The largest absolute Gasteiger partial charge is 0.368 e. The standard InChI is InChI=1S/C22H35N5O2/c1-21(29-2)17-15(8-13-24-19(17)25-20(21)28)18-14-6-3-4-7-16(14)27(26-18)22(11-12-23)9-5-10-22/h14-19,24,26H,3-11,13H2,1-2H3,(H,25,28). The molecular weight excluding hydrogens is 366 g/mol. The molecule has 0 aromatic heterocycles. The van der Waals surface area contributed by atoms with Gasteiger partial charge < -0.3 is 10.1 Å². The van der Waals surface area contributed by atoms with Crippen molar-refractivity contribution >= 4 is 5.91 Å². The Bertz CT molecular complexity index is 704. The molecule has 5 rings (SSSR count). The number of nitriles is 1. The van der Waals surface area contributed by atoms with Crippen molar-refractivity contribution in [2.45, 2.75) is 94.1 Å². The summed E-state index contributed by atoms with van der Waals surface area (Å²) >= 11 is 0. The fourth-order valence-corrected chi connectivity index (χ4v) is 7.26. The van der Waals surface area contributed by atoms with Crippen LogP contribution in [0, 0.1) is 29.1 Å². The molecule has 3 N–H and O–H groups in total. The van der Waals surface area contributed by atoms with E-state index in [0.717, 1.165) is 25.8 Å². The molecule has 160 valence electrons. The Morgan fingerprint density at radius 2 is 2.00 bits per heavy atom. The van der Waals surface area contributed by atoms with Crippen LogP contribution < -0.4 is 16.1 Å². The minimum absolute atomic E-state index is 0.00407. The van der Waals surface area contributed by atoms with Crippen LogP contribution in [-0.4, -0.2) is 54.0 Å². The third kappa shape index (κ3) is 2.79. The molecule has 2 aliphatic carbocycles. The second kappa shape index (κ2) is 7.19. The summed E-state index contributed by atoms with van der Waals surface area (Å²) in [7, 11) is 1.67. The molecule has 3 saturated heterocycles. The van der Waals surface area contributed by atoms with E-state index in [-0.39, 0.29) is 23.5 Å². The van der Waals surface area contributed by atoms with E-state index >= 15 is 0 Å². The SMILES string of the molecule is COC1(C)C(=O)NC2NCCC(C3NN(C4(CC#N)CCC4)C4CCCCC34)C21. The summed E-state index contributed by atoms with van der Waals surface area (Å²) in [6, 6.07) is 3.35. The van der Waals surface area contributed by atoms with Crippen LogP contribution in [-0.2, 0) is 9.53 Å². The van der Waals surface area contributed by atoms with Crippen LogP contribution in [0.25, 0.3) is 0 Å². The lowest BCUT2D eigenvalue weighted by Gasteiger charge is -2.50. The quantitative estimate of drug-likeness (QED) is 0.664. The van der Waals surface area contributed by atoms with Crippen molar-refractivity contribution in [1.29, 1.82) is 5.26 Å². The predicted molar refractivity (Wildman–Crippen MR) is 108 cm³/mol. The fraction of sp³-hybridized carbons (Fsp3) is 0.909. The average molecular weight is 402 g/mol. The summed E-state index contributed by atoms with van der Waals surface area (Å²) in [5.41, 5.74) is 3.21. The molecule has 0 bridgehead atoms. The smallest absolute Gasteiger partial charge is 0.253 e. The normalized spacial score (nSPS) is 46.3. The van der Waals surface area contributed by atoms with Crippen LogP contribution in [0.15, 0.2) is 0 Å². The first-order valence-electron chi connectivity index (χ1n) is 11.6. The lowest BCUT2D eigenvalue weighted by atomic mass is 9.67. The Labute approximate surface area is 173 Å². The van der Waals surface area contributed by atoms with Crippen LogP contribution in [0.3, 0.4) is 0 Å². The third-order valence-corrected chi connectivity index (χ3v) is 8.99. The molecule has 7 heteroatoms. The average Bonchev–Trinajstić information content (AvgIpc) is 3.21. The van der Waals surface area contributed by atoms with Gasteiger partial charge in [-0.3, -0.25) is 15.5 Å². The molecule has 7 unspecified atom stereocenters. The van der Waals surface area contributed by atoms with Crippen molar-refractivity contribution in [3.05, 3.63) is 0 Å². The molecule has 1 amide bonds. The highest BCUT2D eigenvalue weighted by atomic mass is 16.5. The highest BCUT2D eigenvalue weighted by Gasteiger charge is 2.62. The Morgan fingerprint density at radius 3 is 2.69 bits per heavy atom. The van der Waals surface area contributed by atoms with Gasteiger partial charge in [0.1, 0.15) is 5.60 Å². The van der Waals surface area contributed by atoms with Gasteiger partial charge in [-0.25, -0.2) is 5.01 Å². The van der Waals surface area contributed by atoms with E-state index < -0.39 is 5.60 Å². The zero-order chi connectivity index (χ0) is 20.2. The summed E-state index contributed by atoms with van der Waals surface area (Å²) in [5.74, 6) is 1.09. The molecule has 2 saturated carbocycles. The molecule has 0 radical (unpaired) electrons. The number of amides is 1. The van der Waals surface area contributed by atoms with Crippen LogP contribution in [0.5, 0.6) is 0 Å². The van der Waals surface area contributed by atoms with Gasteiger partial charge in [0, 0.05) is 30.7 Å².